The van der Waals surface area contributed by atoms with E-state index in [-0.39, 0.29) is 17.4 Å². The van der Waals surface area contributed by atoms with E-state index < -0.39 is 6.04 Å². The third kappa shape index (κ3) is 7.72. The molecule has 28 heavy (non-hydrogen) atoms. The van der Waals surface area contributed by atoms with E-state index >= 15 is 0 Å². The van der Waals surface area contributed by atoms with Crippen molar-refractivity contribution >= 4 is 5.91 Å². The van der Waals surface area contributed by atoms with Crippen molar-refractivity contribution < 1.29 is 14.3 Å². The minimum absolute atomic E-state index is 0.212. The normalized spacial score (nSPS) is 12.1. The summed E-state index contributed by atoms with van der Waals surface area (Å²) in [4.78, 5) is 16.4. The molecule has 2 rings (SSSR count). The van der Waals surface area contributed by atoms with E-state index in [1.807, 2.05) is 0 Å². The van der Waals surface area contributed by atoms with E-state index in [9.17, 15) is 9.90 Å². The highest BCUT2D eigenvalue weighted by Gasteiger charge is 2.17. The first-order valence-corrected chi connectivity index (χ1v) is 10.4. The zero-order chi connectivity index (χ0) is 20.2. The van der Waals surface area contributed by atoms with Crippen LogP contribution in [0.2, 0.25) is 0 Å². The van der Waals surface area contributed by atoms with Crippen molar-refractivity contribution in [2.24, 2.45) is 5.73 Å². The molecule has 0 saturated heterocycles. The highest BCUT2D eigenvalue weighted by molar-refractivity contribution is 5.91. The average molecular weight is 388 g/mol. The average Bonchev–Trinajstić information content (AvgIpc) is 3.19. The molecular weight excluding hydrogens is 354 g/mol. The maximum atomic E-state index is 12.2. The van der Waals surface area contributed by atoms with Gasteiger partial charge in [-0.3, -0.25) is 4.79 Å². The molecule has 0 saturated carbocycles. The molecule has 1 amide bonds. The van der Waals surface area contributed by atoms with Crippen LogP contribution < -0.4 is 11.1 Å². The molecule has 0 radical (unpaired) electrons. The van der Waals surface area contributed by atoms with Crippen molar-refractivity contribution in [2.75, 3.05) is 6.54 Å². The third-order valence-corrected chi connectivity index (χ3v) is 4.78. The summed E-state index contributed by atoms with van der Waals surface area (Å²) in [5.74, 6) is 0.323. The summed E-state index contributed by atoms with van der Waals surface area (Å²) < 4.78 is 5.39. The number of carbonyl (C=O) groups is 1. The standard InChI is InChI=1S/C22H33N3O3/c1-2-3-4-5-6-7-8-9-14-24-21(27)20-16-28-22(25-20)19(23)15-17-10-12-18(26)13-11-17/h10-13,16,19,26H,2-9,14-15,23H2,1H3,(H,24,27). The number of aromatic hydroxyl groups is 1. The Bertz CT molecular complexity index is 697. The molecule has 1 aromatic carbocycles. The number of aromatic nitrogens is 1. The summed E-state index contributed by atoms with van der Waals surface area (Å²) in [5.41, 5.74) is 7.35. The fourth-order valence-corrected chi connectivity index (χ4v) is 3.09. The summed E-state index contributed by atoms with van der Waals surface area (Å²) in [6, 6.07) is 6.38. The van der Waals surface area contributed by atoms with Crippen LogP contribution in [-0.2, 0) is 6.42 Å². The van der Waals surface area contributed by atoms with Crippen LogP contribution in [0, 0.1) is 0 Å². The number of nitrogens with zero attached hydrogens (tertiary/aromatic N) is 1. The Labute approximate surface area is 167 Å². The first kappa shape index (κ1) is 22.0. The number of unbranched alkanes of at least 4 members (excludes halogenated alkanes) is 7. The van der Waals surface area contributed by atoms with Gasteiger partial charge >= 0.3 is 0 Å². The van der Waals surface area contributed by atoms with Gasteiger partial charge in [0.05, 0.1) is 6.04 Å². The maximum absolute atomic E-state index is 12.2. The molecule has 0 fully saturated rings. The first-order chi connectivity index (χ1) is 13.6. The third-order valence-electron chi connectivity index (χ3n) is 4.78. The fraction of sp³-hybridized carbons (Fsp3) is 0.545. The van der Waals surface area contributed by atoms with E-state index in [0.29, 0.717) is 18.9 Å². The lowest BCUT2D eigenvalue weighted by Crippen LogP contribution is -2.25. The van der Waals surface area contributed by atoms with Gasteiger partial charge in [0.1, 0.15) is 12.0 Å². The van der Waals surface area contributed by atoms with Crippen molar-refractivity contribution in [3.8, 4) is 5.75 Å². The van der Waals surface area contributed by atoms with E-state index in [4.69, 9.17) is 10.2 Å². The van der Waals surface area contributed by atoms with Gasteiger partial charge in [-0.2, -0.15) is 0 Å². The number of amides is 1. The Kier molecular flexibility index (Phi) is 9.55. The largest absolute Gasteiger partial charge is 0.508 e. The number of oxazole rings is 1. The number of rotatable bonds is 13. The number of nitrogens with two attached hydrogens (primary N) is 1. The van der Waals surface area contributed by atoms with Crippen LogP contribution in [0.25, 0.3) is 0 Å². The number of phenols is 1. The second-order valence-electron chi connectivity index (χ2n) is 7.28. The zero-order valence-electron chi connectivity index (χ0n) is 16.8. The first-order valence-electron chi connectivity index (χ1n) is 10.4. The lowest BCUT2D eigenvalue weighted by molar-refractivity contribution is 0.0948. The topological polar surface area (TPSA) is 101 Å². The van der Waals surface area contributed by atoms with Crippen LogP contribution in [0.15, 0.2) is 34.9 Å². The van der Waals surface area contributed by atoms with Crippen LogP contribution in [0.5, 0.6) is 5.75 Å². The molecule has 6 nitrogen and oxygen atoms in total. The highest BCUT2D eigenvalue weighted by Crippen LogP contribution is 2.18. The molecule has 4 N–H and O–H groups in total. The summed E-state index contributed by atoms with van der Waals surface area (Å²) in [6.07, 6.45) is 11.7. The minimum atomic E-state index is -0.446. The SMILES string of the molecule is CCCCCCCCCCNC(=O)c1coc(C(N)Cc2ccc(O)cc2)n1. The zero-order valence-corrected chi connectivity index (χ0v) is 16.8. The summed E-state index contributed by atoms with van der Waals surface area (Å²) in [6.45, 7) is 2.87. The Balaban J connectivity index is 1.66. The summed E-state index contributed by atoms with van der Waals surface area (Å²) in [5, 5.41) is 12.2. The predicted octanol–water partition coefficient (Wildman–Crippen LogP) is 4.49. The predicted molar refractivity (Wildman–Crippen MR) is 110 cm³/mol. The number of phenolic OH excluding ortho intramolecular Hbond substituents is 1. The van der Waals surface area contributed by atoms with Gasteiger partial charge in [0.2, 0.25) is 5.89 Å². The molecule has 0 spiro atoms. The lowest BCUT2D eigenvalue weighted by atomic mass is 10.1. The molecule has 0 bridgehead atoms. The molecule has 154 valence electrons. The van der Waals surface area contributed by atoms with Crippen LogP contribution in [0.1, 0.15) is 86.3 Å². The number of hydrogen-bond donors (Lipinski definition) is 3. The second kappa shape index (κ2) is 12.2. The smallest absolute Gasteiger partial charge is 0.273 e. The van der Waals surface area contributed by atoms with Gasteiger partial charge < -0.3 is 20.6 Å². The van der Waals surface area contributed by atoms with E-state index in [1.165, 1.54) is 44.8 Å². The molecule has 0 aliphatic heterocycles. The van der Waals surface area contributed by atoms with Gasteiger partial charge in [0, 0.05) is 6.54 Å². The summed E-state index contributed by atoms with van der Waals surface area (Å²) in [7, 11) is 0. The number of nitrogens with one attached hydrogen (secondary N) is 1. The van der Waals surface area contributed by atoms with Crippen molar-refractivity contribution in [2.45, 2.75) is 70.8 Å². The van der Waals surface area contributed by atoms with Gasteiger partial charge in [0.25, 0.3) is 5.91 Å². The molecule has 1 atom stereocenters. The Morgan fingerprint density at radius 2 is 1.75 bits per heavy atom. The fourth-order valence-electron chi connectivity index (χ4n) is 3.09. The van der Waals surface area contributed by atoms with Gasteiger partial charge in [-0.05, 0) is 30.5 Å². The highest BCUT2D eigenvalue weighted by atomic mass is 16.3. The van der Waals surface area contributed by atoms with Gasteiger partial charge in [-0.25, -0.2) is 4.98 Å². The molecular formula is C22H33N3O3. The van der Waals surface area contributed by atoms with Gasteiger partial charge in [-0.1, -0.05) is 64.0 Å². The number of hydrogen-bond acceptors (Lipinski definition) is 5. The number of carbonyl (C=O) groups excluding carboxylic acids is 1. The minimum Gasteiger partial charge on any atom is -0.508 e. The molecule has 1 heterocycles. The number of benzene rings is 1. The second-order valence-corrected chi connectivity index (χ2v) is 7.28. The maximum Gasteiger partial charge on any atom is 0.273 e. The quantitative estimate of drug-likeness (QED) is 0.439. The van der Waals surface area contributed by atoms with Crippen molar-refractivity contribution in [3.63, 3.8) is 0 Å². The Morgan fingerprint density at radius 1 is 1.11 bits per heavy atom. The van der Waals surface area contributed by atoms with Gasteiger partial charge in [0.15, 0.2) is 5.69 Å². The Hall–Kier alpha value is -2.34. The molecule has 2 aromatic rings. The van der Waals surface area contributed by atoms with E-state index in [2.05, 4.69) is 17.2 Å². The Morgan fingerprint density at radius 3 is 2.43 bits per heavy atom. The molecule has 1 unspecified atom stereocenters. The van der Waals surface area contributed by atoms with E-state index in [1.54, 1.807) is 24.3 Å². The van der Waals surface area contributed by atoms with Gasteiger partial charge in [-0.15, -0.1) is 0 Å². The molecule has 6 heteroatoms. The summed E-state index contributed by atoms with van der Waals surface area (Å²) >= 11 is 0. The molecule has 0 aliphatic carbocycles. The van der Waals surface area contributed by atoms with Crippen LogP contribution in [0.4, 0.5) is 0 Å². The van der Waals surface area contributed by atoms with Crippen molar-refractivity contribution in [3.05, 3.63) is 47.7 Å². The van der Waals surface area contributed by atoms with Crippen LogP contribution >= 0.6 is 0 Å². The molecule has 0 aliphatic rings. The van der Waals surface area contributed by atoms with Crippen molar-refractivity contribution in [1.82, 2.24) is 10.3 Å². The van der Waals surface area contributed by atoms with Crippen LogP contribution in [-0.4, -0.2) is 22.5 Å². The lowest BCUT2D eigenvalue weighted by Gasteiger charge is -2.07. The van der Waals surface area contributed by atoms with Crippen molar-refractivity contribution in [1.29, 1.82) is 0 Å². The van der Waals surface area contributed by atoms with E-state index in [0.717, 1.165) is 18.4 Å². The van der Waals surface area contributed by atoms with Crippen LogP contribution in [0.3, 0.4) is 0 Å². The molecule has 1 aromatic heterocycles. The monoisotopic (exact) mass is 387 g/mol.